The lowest BCUT2D eigenvalue weighted by Gasteiger charge is -2.07. The summed E-state index contributed by atoms with van der Waals surface area (Å²) in [4.78, 5) is 16.6. The van der Waals surface area contributed by atoms with Gasteiger partial charge in [0, 0.05) is 0 Å². The zero-order valence-corrected chi connectivity index (χ0v) is 12.6. The van der Waals surface area contributed by atoms with E-state index in [0.717, 1.165) is 6.07 Å². The van der Waals surface area contributed by atoms with E-state index in [1.54, 1.807) is 18.2 Å². The molecule has 0 aliphatic carbocycles. The molecule has 0 saturated carbocycles. The molecule has 0 radical (unpaired) electrons. The van der Waals surface area contributed by atoms with Crippen molar-refractivity contribution < 1.29 is 28.7 Å². The molecule has 7 heteroatoms. The number of carbonyl (C=O) groups is 1. The van der Waals surface area contributed by atoms with Crippen LogP contribution in [0, 0.1) is 5.82 Å². The Morgan fingerprint density at radius 1 is 1.09 bits per heavy atom. The SMILES string of the molecule is COc1ccc(C(N)=[NH+]OC(=O)c2ccccc2F)cc1OC. The maximum Gasteiger partial charge on any atom is 0.390 e. The summed E-state index contributed by atoms with van der Waals surface area (Å²) in [6.45, 7) is 0. The molecule has 0 fully saturated rings. The van der Waals surface area contributed by atoms with Crippen LogP contribution in [0.3, 0.4) is 0 Å². The molecule has 6 nitrogen and oxygen atoms in total. The minimum absolute atomic E-state index is 0.0654. The van der Waals surface area contributed by atoms with Crippen LogP contribution >= 0.6 is 0 Å². The van der Waals surface area contributed by atoms with Crippen molar-refractivity contribution in [3.8, 4) is 11.5 Å². The van der Waals surface area contributed by atoms with Crippen molar-refractivity contribution in [3.63, 3.8) is 0 Å². The Morgan fingerprint density at radius 3 is 2.43 bits per heavy atom. The van der Waals surface area contributed by atoms with Gasteiger partial charge in [0.2, 0.25) is 0 Å². The molecule has 0 heterocycles. The highest BCUT2D eigenvalue weighted by Crippen LogP contribution is 2.26. The van der Waals surface area contributed by atoms with Crippen molar-refractivity contribution in [2.24, 2.45) is 5.73 Å². The van der Waals surface area contributed by atoms with Gasteiger partial charge in [0.05, 0.1) is 19.8 Å². The molecule has 2 rings (SSSR count). The second-order valence-corrected chi connectivity index (χ2v) is 4.45. The van der Waals surface area contributed by atoms with Gasteiger partial charge in [0.1, 0.15) is 11.4 Å². The normalized spacial score (nSPS) is 11.0. The maximum atomic E-state index is 13.5. The first-order chi connectivity index (χ1) is 11.1. The van der Waals surface area contributed by atoms with Gasteiger partial charge in [-0.2, -0.15) is 0 Å². The lowest BCUT2D eigenvalue weighted by molar-refractivity contribution is -0.721. The van der Waals surface area contributed by atoms with E-state index in [1.807, 2.05) is 0 Å². The van der Waals surface area contributed by atoms with Crippen LogP contribution in [0.4, 0.5) is 4.39 Å². The number of nitrogens with one attached hydrogen (secondary N) is 1. The standard InChI is InChI=1S/C16H15FN2O4/c1-21-13-8-7-10(9-14(13)22-2)15(18)19-23-16(20)11-5-3-4-6-12(11)17/h3-9H,1-2H3,(H2,18,19)/p+1. The fourth-order valence-corrected chi connectivity index (χ4v) is 1.85. The number of amidine groups is 1. The zero-order valence-electron chi connectivity index (χ0n) is 12.6. The molecule has 0 spiro atoms. The van der Waals surface area contributed by atoms with Crippen LogP contribution in [0.1, 0.15) is 15.9 Å². The van der Waals surface area contributed by atoms with E-state index in [9.17, 15) is 9.18 Å². The Bertz CT molecular complexity index is 747. The molecule has 120 valence electrons. The summed E-state index contributed by atoms with van der Waals surface area (Å²) >= 11 is 0. The molecule has 0 aliphatic heterocycles. The molecule has 0 unspecified atom stereocenters. The van der Waals surface area contributed by atoms with Crippen LogP contribution in [-0.4, -0.2) is 26.0 Å². The van der Waals surface area contributed by atoms with Crippen molar-refractivity contribution in [2.45, 2.75) is 0 Å². The second kappa shape index (κ2) is 7.26. The highest BCUT2D eigenvalue weighted by Gasteiger charge is 2.15. The number of halogens is 1. The molecule has 0 aromatic heterocycles. The molecule has 2 aromatic carbocycles. The third-order valence-corrected chi connectivity index (χ3v) is 3.04. The highest BCUT2D eigenvalue weighted by molar-refractivity contribution is 5.94. The van der Waals surface area contributed by atoms with Gasteiger partial charge >= 0.3 is 11.8 Å². The summed E-state index contributed by atoms with van der Waals surface area (Å²) in [6, 6.07) is 10.4. The monoisotopic (exact) mass is 319 g/mol. The lowest BCUT2D eigenvalue weighted by atomic mass is 10.2. The van der Waals surface area contributed by atoms with Gasteiger partial charge in [-0.1, -0.05) is 17.3 Å². The van der Waals surface area contributed by atoms with Gasteiger partial charge in [-0.15, -0.1) is 0 Å². The molecule has 23 heavy (non-hydrogen) atoms. The Kier molecular flexibility index (Phi) is 5.14. The smallest absolute Gasteiger partial charge is 0.390 e. The number of nitrogens with two attached hydrogens (primary N) is 1. The fourth-order valence-electron chi connectivity index (χ4n) is 1.85. The third kappa shape index (κ3) is 3.76. The van der Waals surface area contributed by atoms with E-state index in [1.165, 1.54) is 32.4 Å². The molecular formula is C16H16FN2O4+. The first-order valence-electron chi connectivity index (χ1n) is 6.63. The predicted molar refractivity (Wildman–Crippen MR) is 80.6 cm³/mol. The van der Waals surface area contributed by atoms with Crippen LogP contribution in [-0.2, 0) is 4.84 Å². The average Bonchev–Trinajstić information content (AvgIpc) is 2.59. The minimum atomic E-state index is -0.883. The van der Waals surface area contributed by atoms with Crippen molar-refractivity contribution in [3.05, 3.63) is 59.4 Å². The molecule has 2 aromatic rings. The molecule has 0 aliphatic rings. The second-order valence-electron chi connectivity index (χ2n) is 4.45. The van der Waals surface area contributed by atoms with E-state index < -0.39 is 11.8 Å². The van der Waals surface area contributed by atoms with Gasteiger partial charge in [0.15, 0.2) is 11.5 Å². The number of methoxy groups -OCH3 is 2. The first kappa shape index (κ1) is 16.3. The zero-order chi connectivity index (χ0) is 16.8. The van der Waals surface area contributed by atoms with Crippen LogP contribution in [0.15, 0.2) is 42.5 Å². The number of hydrogen-bond donors (Lipinski definition) is 2. The summed E-state index contributed by atoms with van der Waals surface area (Å²) in [7, 11) is 3.00. The topological polar surface area (TPSA) is 84.8 Å². The van der Waals surface area contributed by atoms with Crippen LogP contribution < -0.4 is 20.4 Å². The molecular weight excluding hydrogens is 303 g/mol. The van der Waals surface area contributed by atoms with Crippen molar-refractivity contribution in [2.75, 3.05) is 14.2 Å². The first-order valence-corrected chi connectivity index (χ1v) is 6.63. The molecule has 0 amide bonds. The molecule has 0 atom stereocenters. The van der Waals surface area contributed by atoms with Crippen molar-refractivity contribution in [1.82, 2.24) is 0 Å². The predicted octanol–water partition coefficient (Wildman–Crippen LogP) is 0.401. The number of rotatable bonds is 5. The lowest BCUT2D eigenvalue weighted by Crippen LogP contribution is -2.75. The van der Waals surface area contributed by atoms with E-state index in [4.69, 9.17) is 20.0 Å². The summed E-state index contributed by atoms with van der Waals surface area (Å²) in [5.74, 6) is -0.492. The van der Waals surface area contributed by atoms with E-state index in [2.05, 4.69) is 5.16 Å². The van der Waals surface area contributed by atoms with Gasteiger partial charge in [-0.3, -0.25) is 10.6 Å². The number of benzene rings is 2. The Balaban J connectivity index is 2.17. The number of carbonyl (C=O) groups excluding carboxylic acids is 1. The summed E-state index contributed by atoms with van der Waals surface area (Å²) in [6.07, 6.45) is 0. The minimum Gasteiger partial charge on any atom is -0.493 e. The van der Waals surface area contributed by atoms with Crippen LogP contribution in [0.25, 0.3) is 0 Å². The van der Waals surface area contributed by atoms with Gasteiger partial charge in [-0.05, 0) is 30.3 Å². The third-order valence-electron chi connectivity index (χ3n) is 3.04. The summed E-state index contributed by atoms with van der Waals surface area (Å²) in [5.41, 5.74) is 6.14. The average molecular weight is 319 g/mol. The van der Waals surface area contributed by atoms with Crippen LogP contribution in [0.2, 0.25) is 0 Å². The van der Waals surface area contributed by atoms with Gasteiger partial charge in [0.25, 0.3) is 0 Å². The number of ether oxygens (including phenoxy) is 2. The molecule has 3 N–H and O–H groups in total. The Morgan fingerprint density at radius 2 is 1.78 bits per heavy atom. The van der Waals surface area contributed by atoms with Gasteiger partial charge < -0.3 is 9.47 Å². The highest BCUT2D eigenvalue weighted by atomic mass is 19.1. The quantitative estimate of drug-likeness (QED) is 0.361. The number of nitrogen functional groups attached to an aromatic ring is 1. The van der Waals surface area contributed by atoms with Gasteiger partial charge in [-0.25, -0.2) is 9.18 Å². The summed E-state index contributed by atoms with van der Waals surface area (Å²) < 4.78 is 23.7. The van der Waals surface area contributed by atoms with E-state index in [0.29, 0.717) is 17.1 Å². The van der Waals surface area contributed by atoms with Crippen LogP contribution in [0.5, 0.6) is 11.5 Å². The van der Waals surface area contributed by atoms with Crippen molar-refractivity contribution in [1.29, 1.82) is 0 Å². The molecule has 0 bridgehead atoms. The molecule has 0 saturated heterocycles. The fraction of sp³-hybridized carbons (Fsp3) is 0.125. The Labute approximate surface area is 132 Å². The van der Waals surface area contributed by atoms with E-state index >= 15 is 0 Å². The largest absolute Gasteiger partial charge is 0.493 e. The van der Waals surface area contributed by atoms with E-state index in [-0.39, 0.29) is 11.4 Å². The number of hydrogen-bond acceptors (Lipinski definition) is 4. The van der Waals surface area contributed by atoms with Crippen molar-refractivity contribution >= 4 is 11.8 Å². The Hall–Kier alpha value is -3.09. The summed E-state index contributed by atoms with van der Waals surface area (Å²) in [5, 5.41) is 2.30. The maximum absolute atomic E-state index is 13.5.